The number of hydrogen-bond donors (Lipinski definition) is 1. The molecule has 146 valence electrons. The fraction of sp³-hybridized carbons (Fsp3) is 0.381. The van der Waals surface area contributed by atoms with Crippen molar-refractivity contribution in [3.63, 3.8) is 0 Å². The van der Waals surface area contributed by atoms with Gasteiger partial charge in [0.1, 0.15) is 17.2 Å². The Morgan fingerprint density at radius 2 is 1.70 bits per heavy atom. The first-order valence-electron chi connectivity index (χ1n) is 8.85. The normalized spacial score (nSPS) is 10.6. The van der Waals surface area contributed by atoms with Crippen LogP contribution in [0, 0.1) is 0 Å². The maximum atomic E-state index is 12.2. The molecule has 0 aliphatic carbocycles. The third kappa shape index (κ3) is 6.18. The molecule has 0 atom stereocenters. The van der Waals surface area contributed by atoms with Crippen molar-refractivity contribution in [2.45, 2.75) is 13.0 Å². The Kier molecular flexibility index (Phi) is 7.95. The van der Waals surface area contributed by atoms with Crippen LogP contribution in [0.1, 0.15) is 11.1 Å². The zero-order valence-corrected chi connectivity index (χ0v) is 16.5. The van der Waals surface area contributed by atoms with E-state index < -0.39 is 0 Å². The molecule has 2 aromatic carbocycles. The first kappa shape index (κ1) is 20.6. The van der Waals surface area contributed by atoms with Gasteiger partial charge < -0.3 is 19.5 Å². The molecule has 1 amide bonds. The van der Waals surface area contributed by atoms with Crippen LogP contribution in [0.5, 0.6) is 17.2 Å². The molecule has 0 saturated heterocycles. The molecule has 1 N–H and O–H groups in total. The summed E-state index contributed by atoms with van der Waals surface area (Å²) >= 11 is 0. The van der Waals surface area contributed by atoms with Gasteiger partial charge in [0.2, 0.25) is 5.91 Å². The molecule has 0 unspecified atom stereocenters. The minimum absolute atomic E-state index is 0.0140. The number of likely N-dealkylation sites (N-methyl/N-ethyl adjacent to an activating group) is 1. The fourth-order valence-electron chi connectivity index (χ4n) is 2.88. The highest BCUT2D eigenvalue weighted by Crippen LogP contribution is 2.25. The smallest absolute Gasteiger partial charge is 0.234 e. The summed E-state index contributed by atoms with van der Waals surface area (Å²) in [7, 11) is 6.81. The quantitative estimate of drug-likeness (QED) is 0.694. The molecule has 0 saturated carbocycles. The number of amides is 1. The molecule has 2 rings (SSSR count). The number of nitrogens with one attached hydrogen (secondary N) is 1. The van der Waals surface area contributed by atoms with E-state index in [1.807, 2.05) is 54.4 Å². The second-order valence-corrected chi connectivity index (χ2v) is 6.26. The van der Waals surface area contributed by atoms with Gasteiger partial charge >= 0.3 is 0 Å². The first-order valence-corrected chi connectivity index (χ1v) is 8.85. The summed E-state index contributed by atoms with van der Waals surface area (Å²) in [4.78, 5) is 14.2. The molecule has 0 fully saturated rings. The van der Waals surface area contributed by atoms with Gasteiger partial charge in [-0.1, -0.05) is 24.3 Å². The zero-order chi connectivity index (χ0) is 19.6. The number of rotatable bonds is 10. The lowest BCUT2D eigenvalue weighted by Crippen LogP contribution is -2.35. The minimum Gasteiger partial charge on any atom is -0.497 e. The SMILES string of the molecule is COc1ccc(CN(C)CC(=O)NCCc2ccccc2OC)c(OC)c1. The summed E-state index contributed by atoms with van der Waals surface area (Å²) in [6.07, 6.45) is 0.728. The van der Waals surface area contributed by atoms with E-state index in [9.17, 15) is 4.79 Å². The molecular formula is C21H28N2O4. The molecule has 0 aromatic heterocycles. The van der Waals surface area contributed by atoms with Gasteiger partial charge in [-0.25, -0.2) is 0 Å². The summed E-state index contributed by atoms with van der Waals surface area (Å²) in [5.41, 5.74) is 2.08. The van der Waals surface area contributed by atoms with E-state index in [-0.39, 0.29) is 5.91 Å². The summed E-state index contributed by atoms with van der Waals surface area (Å²) in [6.45, 7) is 1.48. The standard InChI is InChI=1S/C21H28N2O4/c1-23(14-17-9-10-18(25-2)13-20(17)27-4)15-21(24)22-12-11-16-7-5-6-8-19(16)26-3/h5-10,13H,11-12,14-15H2,1-4H3,(H,22,24). The van der Waals surface area contributed by atoms with Gasteiger partial charge in [0.15, 0.2) is 0 Å². The van der Waals surface area contributed by atoms with E-state index in [0.717, 1.165) is 34.8 Å². The Hall–Kier alpha value is -2.73. The molecule has 0 heterocycles. The van der Waals surface area contributed by atoms with Crippen molar-refractivity contribution < 1.29 is 19.0 Å². The van der Waals surface area contributed by atoms with Crippen LogP contribution >= 0.6 is 0 Å². The lowest BCUT2D eigenvalue weighted by atomic mass is 10.1. The topological polar surface area (TPSA) is 60.0 Å². The van der Waals surface area contributed by atoms with Crippen molar-refractivity contribution in [1.82, 2.24) is 10.2 Å². The number of hydrogen-bond acceptors (Lipinski definition) is 5. The van der Waals surface area contributed by atoms with Crippen molar-refractivity contribution in [1.29, 1.82) is 0 Å². The number of nitrogens with zero attached hydrogens (tertiary/aromatic N) is 1. The first-order chi connectivity index (χ1) is 13.1. The summed E-state index contributed by atoms with van der Waals surface area (Å²) in [5, 5.41) is 2.96. The van der Waals surface area contributed by atoms with Crippen LogP contribution in [0.3, 0.4) is 0 Å². The Morgan fingerprint density at radius 3 is 2.41 bits per heavy atom. The van der Waals surface area contributed by atoms with Crippen LogP contribution in [0.25, 0.3) is 0 Å². The second-order valence-electron chi connectivity index (χ2n) is 6.26. The van der Waals surface area contributed by atoms with E-state index >= 15 is 0 Å². The van der Waals surface area contributed by atoms with Gasteiger partial charge in [0, 0.05) is 24.7 Å². The Balaban J connectivity index is 1.82. The third-order valence-corrected chi connectivity index (χ3v) is 4.26. The number of para-hydroxylation sites is 1. The van der Waals surface area contributed by atoms with Crippen LogP contribution in [0.15, 0.2) is 42.5 Å². The molecule has 0 aliphatic heterocycles. The average Bonchev–Trinajstić information content (AvgIpc) is 2.68. The molecule has 6 heteroatoms. The number of benzene rings is 2. The minimum atomic E-state index is -0.0140. The molecule has 6 nitrogen and oxygen atoms in total. The van der Waals surface area contributed by atoms with E-state index in [1.54, 1.807) is 21.3 Å². The Labute approximate surface area is 161 Å². The van der Waals surface area contributed by atoms with Crippen LogP contribution < -0.4 is 19.5 Å². The second kappa shape index (κ2) is 10.4. The predicted molar refractivity (Wildman–Crippen MR) is 106 cm³/mol. The maximum absolute atomic E-state index is 12.2. The molecule has 0 radical (unpaired) electrons. The van der Waals surface area contributed by atoms with Gasteiger partial charge in [0.05, 0.1) is 27.9 Å². The lowest BCUT2D eigenvalue weighted by Gasteiger charge is -2.18. The van der Waals surface area contributed by atoms with E-state index in [1.165, 1.54) is 0 Å². The molecule has 0 aliphatic rings. The van der Waals surface area contributed by atoms with Gasteiger partial charge in [-0.2, -0.15) is 0 Å². The Bertz CT molecular complexity index is 749. The molecule has 27 heavy (non-hydrogen) atoms. The van der Waals surface area contributed by atoms with Gasteiger partial charge in [0.25, 0.3) is 0 Å². The number of ether oxygens (including phenoxy) is 3. The van der Waals surface area contributed by atoms with Crippen molar-refractivity contribution in [3.8, 4) is 17.2 Å². The maximum Gasteiger partial charge on any atom is 0.234 e. The van der Waals surface area contributed by atoms with Crippen molar-refractivity contribution >= 4 is 5.91 Å². The molecule has 2 aromatic rings. The molecular weight excluding hydrogens is 344 g/mol. The van der Waals surface area contributed by atoms with Crippen LogP contribution in [-0.4, -0.2) is 52.3 Å². The van der Waals surface area contributed by atoms with Crippen LogP contribution in [0.2, 0.25) is 0 Å². The summed E-state index contributed by atoms with van der Waals surface area (Å²) < 4.78 is 16.0. The lowest BCUT2D eigenvalue weighted by molar-refractivity contribution is -0.122. The van der Waals surface area contributed by atoms with Crippen molar-refractivity contribution in [3.05, 3.63) is 53.6 Å². The van der Waals surface area contributed by atoms with Crippen molar-refractivity contribution in [2.24, 2.45) is 0 Å². The van der Waals surface area contributed by atoms with Crippen molar-refractivity contribution in [2.75, 3.05) is 41.5 Å². The highest BCUT2D eigenvalue weighted by Gasteiger charge is 2.11. The monoisotopic (exact) mass is 372 g/mol. The van der Waals surface area contributed by atoms with Gasteiger partial charge in [-0.3, -0.25) is 9.69 Å². The van der Waals surface area contributed by atoms with Crippen LogP contribution in [0.4, 0.5) is 0 Å². The third-order valence-electron chi connectivity index (χ3n) is 4.26. The Morgan fingerprint density at radius 1 is 0.963 bits per heavy atom. The van der Waals surface area contributed by atoms with E-state index in [2.05, 4.69) is 5.32 Å². The van der Waals surface area contributed by atoms with Gasteiger partial charge in [-0.05, 0) is 31.2 Å². The summed E-state index contributed by atoms with van der Waals surface area (Å²) in [6, 6.07) is 13.5. The molecule has 0 spiro atoms. The number of carbonyl (C=O) groups is 1. The summed E-state index contributed by atoms with van der Waals surface area (Å²) in [5.74, 6) is 2.32. The largest absolute Gasteiger partial charge is 0.497 e. The zero-order valence-electron chi connectivity index (χ0n) is 16.5. The average molecular weight is 372 g/mol. The van der Waals surface area contributed by atoms with Gasteiger partial charge in [-0.15, -0.1) is 0 Å². The highest BCUT2D eigenvalue weighted by atomic mass is 16.5. The van der Waals surface area contributed by atoms with Crippen LogP contribution in [-0.2, 0) is 17.8 Å². The fourth-order valence-corrected chi connectivity index (χ4v) is 2.88. The number of methoxy groups -OCH3 is 3. The number of carbonyl (C=O) groups excluding carboxylic acids is 1. The highest BCUT2D eigenvalue weighted by molar-refractivity contribution is 5.78. The van der Waals surface area contributed by atoms with E-state index in [0.29, 0.717) is 19.6 Å². The molecule has 0 bridgehead atoms. The van der Waals surface area contributed by atoms with E-state index in [4.69, 9.17) is 14.2 Å². The predicted octanol–water partition coefficient (Wildman–Crippen LogP) is 2.50.